The molecule has 1 saturated heterocycles. The third-order valence-corrected chi connectivity index (χ3v) is 1.77. The van der Waals surface area contributed by atoms with Crippen LogP contribution in [-0.2, 0) is 9.53 Å². The number of rotatable bonds is 2. The van der Waals surface area contributed by atoms with Crippen LogP contribution in [0.15, 0.2) is 11.9 Å². The Labute approximate surface area is 83.2 Å². The molecule has 76 valence electrons. The van der Waals surface area contributed by atoms with Crippen LogP contribution in [0.2, 0.25) is 0 Å². The number of amides is 1. The van der Waals surface area contributed by atoms with Crippen LogP contribution in [0.1, 0.15) is 0 Å². The molecule has 0 spiro atoms. The Kier molecular flexibility index (Phi) is 3.48. The van der Waals surface area contributed by atoms with Crippen LogP contribution in [0.3, 0.4) is 0 Å². The van der Waals surface area contributed by atoms with Gasteiger partial charge in [0.25, 0.3) is 5.91 Å². The fraction of sp³-hybridized carbons (Fsp3) is 0.556. The van der Waals surface area contributed by atoms with Crippen molar-refractivity contribution in [2.24, 2.45) is 0 Å². The summed E-state index contributed by atoms with van der Waals surface area (Å²) in [4.78, 5) is 14.6. The molecule has 0 saturated carbocycles. The van der Waals surface area contributed by atoms with Gasteiger partial charge in [-0.05, 0) is 0 Å². The molecule has 0 bridgehead atoms. The monoisotopic (exact) mass is 195 g/mol. The first-order chi connectivity index (χ1) is 6.65. The van der Waals surface area contributed by atoms with Crippen LogP contribution in [0.5, 0.6) is 0 Å². The molecule has 1 aliphatic heterocycles. The van der Waals surface area contributed by atoms with Gasteiger partial charge in [0, 0.05) is 20.3 Å². The highest BCUT2D eigenvalue weighted by Gasteiger charge is 2.21. The summed E-state index contributed by atoms with van der Waals surface area (Å²) in [7, 11) is 3.62. The van der Waals surface area contributed by atoms with Crippen LogP contribution < -0.4 is 0 Å². The van der Waals surface area contributed by atoms with E-state index in [1.165, 1.54) is 4.90 Å². The second kappa shape index (κ2) is 4.63. The highest BCUT2D eigenvalue weighted by molar-refractivity contribution is 5.80. The maximum Gasteiger partial charge on any atom is 0.253 e. The molecular weight excluding hydrogens is 182 g/mol. The lowest BCUT2D eigenvalue weighted by Gasteiger charge is -2.26. The largest absolute Gasteiger partial charge is 0.381 e. The fourth-order valence-corrected chi connectivity index (χ4v) is 1.18. The molecule has 1 aliphatic rings. The molecule has 0 aliphatic carbocycles. The highest BCUT2D eigenvalue weighted by atomic mass is 16.5. The van der Waals surface area contributed by atoms with E-state index in [2.05, 4.69) is 0 Å². The van der Waals surface area contributed by atoms with E-state index in [9.17, 15) is 4.79 Å². The number of hydrogen-bond acceptors (Lipinski definition) is 4. The summed E-state index contributed by atoms with van der Waals surface area (Å²) in [6, 6.07) is 2.00. The zero-order chi connectivity index (χ0) is 10.6. The summed E-state index contributed by atoms with van der Waals surface area (Å²) in [5.74, 6) is -0.161. The zero-order valence-electron chi connectivity index (χ0n) is 8.36. The van der Waals surface area contributed by atoms with Gasteiger partial charge in [0.1, 0.15) is 18.4 Å². The van der Waals surface area contributed by atoms with E-state index in [-0.39, 0.29) is 12.5 Å². The second-order valence-corrected chi connectivity index (χ2v) is 3.19. The van der Waals surface area contributed by atoms with Crippen LogP contribution in [0.25, 0.3) is 0 Å². The Morgan fingerprint density at radius 3 is 2.93 bits per heavy atom. The van der Waals surface area contributed by atoms with Gasteiger partial charge in [0.2, 0.25) is 0 Å². The summed E-state index contributed by atoms with van der Waals surface area (Å²) in [6.45, 7) is 0.997. The van der Waals surface area contributed by atoms with Gasteiger partial charge in [-0.15, -0.1) is 0 Å². The third-order valence-electron chi connectivity index (χ3n) is 1.77. The van der Waals surface area contributed by atoms with E-state index >= 15 is 0 Å². The average molecular weight is 195 g/mol. The van der Waals surface area contributed by atoms with Crippen molar-refractivity contribution in [2.75, 3.05) is 33.9 Å². The smallest absolute Gasteiger partial charge is 0.253 e. The molecule has 14 heavy (non-hydrogen) atoms. The van der Waals surface area contributed by atoms with E-state index in [1.54, 1.807) is 11.1 Å². The molecule has 0 aromatic heterocycles. The Balaban J connectivity index is 2.79. The molecule has 1 amide bonds. The number of hydrogen-bond donors (Lipinski definition) is 0. The summed E-state index contributed by atoms with van der Waals surface area (Å²) < 4.78 is 4.97. The first-order valence-electron chi connectivity index (χ1n) is 4.31. The summed E-state index contributed by atoms with van der Waals surface area (Å²) in [6.07, 6.45) is 1.63. The number of morpholine rings is 1. The van der Waals surface area contributed by atoms with Gasteiger partial charge >= 0.3 is 0 Å². The lowest BCUT2D eigenvalue weighted by atomic mass is 10.3. The summed E-state index contributed by atoms with van der Waals surface area (Å²) in [5, 5.41) is 8.87. The molecule has 1 heterocycles. The number of carbonyl (C=O) groups is 1. The molecule has 0 radical (unpaired) electrons. The zero-order valence-corrected chi connectivity index (χ0v) is 8.36. The van der Waals surface area contributed by atoms with Gasteiger partial charge < -0.3 is 9.64 Å². The van der Waals surface area contributed by atoms with Gasteiger partial charge in [-0.25, -0.2) is 0 Å². The van der Waals surface area contributed by atoms with E-state index in [0.717, 1.165) is 0 Å². The molecule has 0 aromatic carbocycles. The van der Waals surface area contributed by atoms with Crippen molar-refractivity contribution in [3.8, 4) is 6.07 Å². The number of nitriles is 1. The Morgan fingerprint density at radius 2 is 2.43 bits per heavy atom. The maximum atomic E-state index is 11.4. The molecule has 0 N–H and O–H groups in total. The number of carbonyl (C=O) groups excluding carboxylic acids is 1. The van der Waals surface area contributed by atoms with E-state index in [0.29, 0.717) is 18.8 Å². The minimum Gasteiger partial charge on any atom is -0.381 e. The summed E-state index contributed by atoms with van der Waals surface area (Å²) >= 11 is 0. The molecular formula is C9H13N3O2. The molecule has 1 rings (SSSR count). The minimum atomic E-state index is -0.161. The topological polar surface area (TPSA) is 56.6 Å². The third kappa shape index (κ3) is 2.47. The van der Waals surface area contributed by atoms with Crippen LogP contribution in [0.4, 0.5) is 0 Å². The van der Waals surface area contributed by atoms with Crippen molar-refractivity contribution >= 4 is 5.91 Å². The number of ether oxygens (including phenoxy) is 1. The quantitative estimate of drug-likeness (QED) is 0.571. The first kappa shape index (κ1) is 10.5. The van der Waals surface area contributed by atoms with E-state index < -0.39 is 0 Å². The van der Waals surface area contributed by atoms with Gasteiger partial charge in [0.15, 0.2) is 0 Å². The SMILES string of the molecule is CN(C)/C=C(\C#N)N1CCOCC1=O. The fourth-order valence-electron chi connectivity index (χ4n) is 1.18. The normalized spacial score (nSPS) is 17.9. The molecule has 0 aromatic rings. The van der Waals surface area contributed by atoms with Crippen molar-refractivity contribution in [1.82, 2.24) is 9.80 Å². The van der Waals surface area contributed by atoms with Crippen molar-refractivity contribution < 1.29 is 9.53 Å². The van der Waals surface area contributed by atoms with Gasteiger partial charge in [-0.3, -0.25) is 9.69 Å². The highest BCUT2D eigenvalue weighted by Crippen LogP contribution is 2.08. The first-order valence-corrected chi connectivity index (χ1v) is 4.31. The lowest BCUT2D eigenvalue weighted by Crippen LogP contribution is -2.40. The van der Waals surface area contributed by atoms with Gasteiger partial charge in [-0.2, -0.15) is 5.26 Å². The van der Waals surface area contributed by atoms with Gasteiger partial charge in [-0.1, -0.05) is 0 Å². The second-order valence-electron chi connectivity index (χ2n) is 3.19. The van der Waals surface area contributed by atoms with E-state index in [1.807, 2.05) is 20.2 Å². The van der Waals surface area contributed by atoms with Crippen LogP contribution in [0, 0.1) is 11.3 Å². The Morgan fingerprint density at radius 1 is 1.71 bits per heavy atom. The molecule has 0 unspecified atom stereocenters. The van der Waals surface area contributed by atoms with Crippen molar-refractivity contribution in [3.63, 3.8) is 0 Å². The molecule has 5 heteroatoms. The summed E-state index contributed by atoms with van der Waals surface area (Å²) in [5.41, 5.74) is 0.364. The molecule has 0 atom stereocenters. The van der Waals surface area contributed by atoms with Crippen molar-refractivity contribution in [3.05, 3.63) is 11.9 Å². The maximum absolute atomic E-state index is 11.4. The Hall–Kier alpha value is -1.54. The van der Waals surface area contributed by atoms with Crippen LogP contribution >= 0.6 is 0 Å². The van der Waals surface area contributed by atoms with Gasteiger partial charge in [0.05, 0.1) is 13.2 Å². The standard InChI is InChI=1S/C9H13N3O2/c1-11(2)6-8(5-10)12-3-4-14-7-9(12)13/h6H,3-4,7H2,1-2H3/b8-6+. The average Bonchev–Trinajstić information content (AvgIpc) is 2.15. The number of allylic oxidation sites excluding steroid dienone is 1. The predicted octanol–water partition coefficient (Wildman–Crippen LogP) is -0.228. The van der Waals surface area contributed by atoms with E-state index in [4.69, 9.17) is 10.00 Å². The minimum absolute atomic E-state index is 0.0620. The number of nitrogens with zero attached hydrogens (tertiary/aromatic N) is 3. The predicted molar refractivity (Wildman–Crippen MR) is 49.9 cm³/mol. The molecule has 5 nitrogen and oxygen atoms in total. The lowest BCUT2D eigenvalue weighted by molar-refractivity contribution is -0.139. The van der Waals surface area contributed by atoms with Crippen molar-refractivity contribution in [2.45, 2.75) is 0 Å². The Bertz CT molecular complexity index is 291. The van der Waals surface area contributed by atoms with Crippen LogP contribution in [-0.4, -0.2) is 49.6 Å². The van der Waals surface area contributed by atoms with Crippen molar-refractivity contribution in [1.29, 1.82) is 5.26 Å². The molecule has 1 fully saturated rings.